The first kappa shape index (κ1) is 20.4. The predicted octanol–water partition coefficient (Wildman–Crippen LogP) is 5.20. The van der Waals surface area contributed by atoms with Crippen molar-refractivity contribution in [2.24, 2.45) is 0 Å². The molecule has 0 aromatic heterocycles. The number of hydrogen-bond acceptors (Lipinski definition) is 3. The second-order valence-electron chi connectivity index (χ2n) is 6.37. The van der Waals surface area contributed by atoms with Crippen LogP contribution in [-0.2, 0) is 0 Å². The van der Waals surface area contributed by atoms with Gasteiger partial charge in [0.15, 0.2) is 0 Å². The number of amides is 3. The van der Waals surface area contributed by atoms with E-state index in [0.29, 0.717) is 11.4 Å². The lowest BCUT2D eigenvalue weighted by Crippen LogP contribution is -2.35. The summed E-state index contributed by atoms with van der Waals surface area (Å²) >= 11 is 4.26. The van der Waals surface area contributed by atoms with Gasteiger partial charge in [0.2, 0.25) is 0 Å². The molecule has 0 spiro atoms. The molecule has 29 heavy (non-hydrogen) atoms. The zero-order valence-corrected chi connectivity index (χ0v) is 16.6. The fourth-order valence-electron chi connectivity index (χ4n) is 2.72. The number of thiol groups is 1. The van der Waals surface area contributed by atoms with Gasteiger partial charge in [0.05, 0.1) is 17.3 Å². The van der Waals surface area contributed by atoms with Crippen LogP contribution in [0.3, 0.4) is 0 Å². The molecule has 0 fully saturated rings. The van der Waals surface area contributed by atoms with Crippen molar-refractivity contribution in [3.8, 4) is 0 Å². The van der Waals surface area contributed by atoms with Crippen LogP contribution in [0.4, 0.5) is 20.6 Å². The van der Waals surface area contributed by atoms with Crippen molar-refractivity contribution in [3.05, 3.63) is 95.8 Å². The van der Waals surface area contributed by atoms with E-state index in [9.17, 15) is 14.0 Å². The van der Waals surface area contributed by atoms with Gasteiger partial charge in [-0.3, -0.25) is 4.79 Å². The van der Waals surface area contributed by atoms with E-state index in [-0.39, 0.29) is 17.6 Å². The van der Waals surface area contributed by atoms with Gasteiger partial charge in [-0.2, -0.15) is 0 Å². The molecule has 0 aliphatic heterocycles. The third kappa shape index (κ3) is 5.14. The Morgan fingerprint density at radius 1 is 0.931 bits per heavy atom. The molecule has 148 valence electrons. The molecule has 0 saturated carbocycles. The molecule has 0 saturated heterocycles. The summed E-state index contributed by atoms with van der Waals surface area (Å²) in [6.45, 7) is 1.89. The zero-order chi connectivity index (χ0) is 20.8. The minimum Gasteiger partial charge on any atom is -0.330 e. The van der Waals surface area contributed by atoms with Crippen molar-refractivity contribution in [1.82, 2.24) is 5.32 Å². The van der Waals surface area contributed by atoms with Crippen LogP contribution in [0.25, 0.3) is 0 Å². The van der Waals surface area contributed by atoms with Gasteiger partial charge in [0.1, 0.15) is 5.82 Å². The summed E-state index contributed by atoms with van der Waals surface area (Å²) in [7, 11) is 0. The van der Waals surface area contributed by atoms with Gasteiger partial charge in [-0.1, -0.05) is 55.3 Å². The Kier molecular flexibility index (Phi) is 6.51. The quantitative estimate of drug-likeness (QED) is 0.507. The van der Waals surface area contributed by atoms with E-state index >= 15 is 0 Å². The fourth-order valence-corrected chi connectivity index (χ4v) is 2.91. The highest BCUT2D eigenvalue weighted by Crippen LogP contribution is 2.21. The molecule has 3 amide bonds. The second-order valence-corrected chi connectivity index (χ2v) is 6.77. The molecule has 0 heterocycles. The van der Waals surface area contributed by atoms with Crippen molar-refractivity contribution in [2.75, 3.05) is 9.62 Å². The molecule has 0 radical (unpaired) electrons. The zero-order valence-electron chi connectivity index (χ0n) is 15.7. The number of carbonyl (C=O) groups excluding carboxylic acids is 2. The van der Waals surface area contributed by atoms with Gasteiger partial charge in [-0.15, -0.1) is 0 Å². The molecule has 7 heteroatoms. The number of anilines is 2. The average Bonchev–Trinajstić information content (AvgIpc) is 2.74. The van der Waals surface area contributed by atoms with Crippen LogP contribution in [0.1, 0.15) is 28.9 Å². The fraction of sp³-hybridized carbons (Fsp3) is 0.0909. The molecule has 3 rings (SSSR count). The molecule has 3 aromatic rings. The SMILES string of the molecule is C[C@@H](NC(=O)N(S)c1ccc(NC(=O)c2ccccc2F)cc1)c1ccccc1. The number of hydrogen-bond donors (Lipinski definition) is 3. The normalized spacial score (nSPS) is 11.4. The summed E-state index contributed by atoms with van der Waals surface area (Å²) < 4.78 is 14.9. The summed E-state index contributed by atoms with van der Waals surface area (Å²) in [6.07, 6.45) is 0. The van der Waals surface area contributed by atoms with Gasteiger partial charge in [0.25, 0.3) is 5.91 Å². The van der Waals surface area contributed by atoms with E-state index in [4.69, 9.17) is 0 Å². The standard InChI is InChI=1S/C22H20FN3O2S/c1-15(16-7-3-2-4-8-16)24-22(28)26(29)18-13-11-17(12-14-18)25-21(27)19-9-5-6-10-20(19)23/h2-15,29H,1H3,(H,24,28)(H,25,27)/t15-/m1/s1. The predicted molar refractivity (Wildman–Crippen MR) is 116 cm³/mol. The van der Waals surface area contributed by atoms with Crippen molar-refractivity contribution in [2.45, 2.75) is 13.0 Å². The highest BCUT2D eigenvalue weighted by molar-refractivity contribution is 7.82. The van der Waals surface area contributed by atoms with E-state index in [1.54, 1.807) is 30.3 Å². The topological polar surface area (TPSA) is 61.4 Å². The maximum Gasteiger partial charge on any atom is 0.332 e. The highest BCUT2D eigenvalue weighted by Gasteiger charge is 2.16. The number of urea groups is 1. The number of nitrogens with one attached hydrogen (secondary N) is 2. The maximum atomic E-state index is 13.7. The average molecular weight is 409 g/mol. The lowest BCUT2D eigenvalue weighted by atomic mass is 10.1. The van der Waals surface area contributed by atoms with Gasteiger partial charge in [-0.05, 0) is 48.9 Å². The van der Waals surface area contributed by atoms with Crippen LogP contribution >= 0.6 is 12.8 Å². The lowest BCUT2D eigenvalue weighted by molar-refractivity contribution is 0.102. The minimum atomic E-state index is -0.590. The van der Waals surface area contributed by atoms with Crippen LogP contribution in [0, 0.1) is 5.82 Å². The van der Waals surface area contributed by atoms with Crippen LogP contribution < -0.4 is 14.9 Å². The van der Waals surface area contributed by atoms with Gasteiger partial charge >= 0.3 is 6.03 Å². The first-order valence-corrected chi connectivity index (χ1v) is 9.36. The molecular weight excluding hydrogens is 389 g/mol. The number of carbonyl (C=O) groups is 2. The lowest BCUT2D eigenvalue weighted by Gasteiger charge is -2.20. The molecule has 5 nitrogen and oxygen atoms in total. The van der Waals surface area contributed by atoms with Crippen LogP contribution in [0.5, 0.6) is 0 Å². The number of rotatable bonds is 5. The minimum absolute atomic E-state index is 0.0401. The Morgan fingerprint density at radius 2 is 1.55 bits per heavy atom. The molecule has 2 N–H and O–H groups in total. The molecule has 0 bridgehead atoms. The monoisotopic (exact) mass is 409 g/mol. The second kappa shape index (κ2) is 9.25. The molecule has 0 aliphatic carbocycles. The molecular formula is C22H20FN3O2S. The van der Waals surface area contributed by atoms with Crippen molar-refractivity contribution in [3.63, 3.8) is 0 Å². The molecule has 1 atom stereocenters. The van der Waals surface area contributed by atoms with Crippen LogP contribution in [0.2, 0.25) is 0 Å². The molecule has 0 aliphatic rings. The van der Waals surface area contributed by atoms with E-state index < -0.39 is 11.7 Å². The van der Waals surface area contributed by atoms with Gasteiger partial charge in [0, 0.05) is 5.69 Å². The van der Waals surface area contributed by atoms with Crippen LogP contribution in [0.15, 0.2) is 78.9 Å². The Hall–Kier alpha value is -3.32. The van der Waals surface area contributed by atoms with E-state index in [0.717, 1.165) is 5.56 Å². The van der Waals surface area contributed by atoms with Gasteiger partial charge in [-0.25, -0.2) is 13.5 Å². The largest absolute Gasteiger partial charge is 0.332 e. The summed E-state index contributed by atoms with van der Waals surface area (Å²) in [5, 5.41) is 5.49. The maximum absolute atomic E-state index is 13.7. The summed E-state index contributed by atoms with van der Waals surface area (Å²) in [4.78, 5) is 24.6. The smallest absolute Gasteiger partial charge is 0.330 e. The Morgan fingerprint density at radius 3 is 2.21 bits per heavy atom. The summed E-state index contributed by atoms with van der Waals surface area (Å²) in [5.74, 6) is -1.14. The van der Waals surface area contributed by atoms with Crippen molar-refractivity contribution < 1.29 is 14.0 Å². The number of benzene rings is 3. The first-order chi connectivity index (χ1) is 14.0. The van der Waals surface area contributed by atoms with Crippen LogP contribution in [-0.4, -0.2) is 11.9 Å². The summed E-state index contributed by atoms with van der Waals surface area (Å²) in [5.41, 5.74) is 1.94. The van der Waals surface area contributed by atoms with Gasteiger partial charge < -0.3 is 10.6 Å². The van der Waals surface area contributed by atoms with Crippen molar-refractivity contribution >= 4 is 36.1 Å². The van der Waals surface area contributed by atoms with E-state index in [1.165, 1.54) is 22.5 Å². The number of nitrogens with zero attached hydrogens (tertiary/aromatic N) is 1. The first-order valence-electron chi connectivity index (χ1n) is 8.96. The Balaban J connectivity index is 1.62. The Labute approximate surface area is 174 Å². The molecule has 3 aromatic carbocycles. The Bertz CT molecular complexity index is 996. The third-order valence-electron chi connectivity index (χ3n) is 4.32. The van der Waals surface area contributed by atoms with E-state index in [2.05, 4.69) is 23.4 Å². The third-order valence-corrected chi connectivity index (χ3v) is 4.73. The van der Waals surface area contributed by atoms with E-state index in [1.807, 2.05) is 37.3 Å². The summed E-state index contributed by atoms with van der Waals surface area (Å²) in [6, 6.07) is 21.3. The highest BCUT2D eigenvalue weighted by atomic mass is 32.1. The van der Waals surface area contributed by atoms with Crippen molar-refractivity contribution in [1.29, 1.82) is 0 Å². The number of halogens is 1. The molecule has 0 unspecified atom stereocenters.